The second kappa shape index (κ2) is 9.01. The summed E-state index contributed by atoms with van der Waals surface area (Å²) in [5, 5.41) is 13.4. The molecule has 120 valence electrons. The first kappa shape index (κ1) is 17.9. The van der Waals surface area contributed by atoms with Gasteiger partial charge in [-0.1, -0.05) is 40.5 Å². The van der Waals surface area contributed by atoms with Crippen LogP contribution in [0.15, 0.2) is 0 Å². The lowest BCUT2D eigenvalue weighted by Gasteiger charge is -2.35. The van der Waals surface area contributed by atoms with Gasteiger partial charge in [-0.2, -0.15) is 0 Å². The number of aliphatic hydroxyl groups is 1. The minimum Gasteiger partial charge on any atom is -0.394 e. The topological polar surface area (TPSA) is 35.5 Å². The van der Waals surface area contributed by atoms with Gasteiger partial charge < -0.3 is 15.3 Å². The lowest BCUT2D eigenvalue weighted by molar-refractivity contribution is 0.125. The molecular weight excluding hydrogens is 248 g/mol. The first-order valence-electron chi connectivity index (χ1n) is 8.69. The number of nitrogens with zero attached hydrogens (tertiary/aromatic N) is 1. The van der Waals surface area contributed by atoms with Gasteiger partial charge in [0.15, 0.2) is 0 Å². The van der Waals surface area contributed by atoms with Gasteiger partial charge in [0, 0.05) is 17.6 Å². The van der Waals surface area contributed by atoms with E-state index in [1.165, 1.54) is 45.2 Å². The van der Waals surface area contributed by atoms with Crippen LogP contribution in [0.3, 0.4) is 0 Å². The molecule has 0 saturated heterocycles. The Balaban J connectivity index is 2.41. The Morgan fingerprint density at radius 1 is 1.25 bits per heavy atom. The summed E-state index contributed by atoms with van der Waals surface area (Å²) in [7, 11) is 0. The third kappa shape index (κ3) is 5.34. The second-order valence-electron chi connectivity index (χ2n) is 6.76. The highest BCUT2D eigenvalue weighted by Crippen LogP contribution is 2.24. The number of hydrogen-bond donors (Lipinski definition) is 2. The van der Waals surface area contributed by atoms with E-state index in [4.69, 9.17) is 0 Å². The average molecular weight is 284 g/mol. The molecule has 1 aliphatic rings. The predicted molar refractivity (Wildman–Crippen MR) is 87.1 cm³/mol. The fraction of sp³-hybridized carbons (Fsp3) is 1.00. The van der Waals surface area contributed by atoms with Crippen LogP contribution in [0.4, 0.5) is 0 Å². The van der Waals surface area contributed by atoms with Crippen molar-refractivity contribution in [1.29, 1.82) is 0 Å². The van der Waals surface area contributed by atoms with Gasteiger partial charge in [-0.3, -0.25) is 0 Å². The van der Waals surface area contributed by atoms with Gasteiger partial charge in [0.1, 0.15) is 0 Å². The SMILES string of the molecule is CCN(CCCC(CC)(CO)NC(C)C)C1CCCC1. The zero-order valence-corrected chi connectivity index (χ0v) is 14.1. The quantitative estimate of drug-likeness (QED) is 0.647. The third-order valence-electron chi connectivity index (χ3n) is 4.92. The van der Waals surface area contributed by atoms with Crippen molar-refractivity contribution in [2.75, 3.05) is 19.7 Å². The Labute approximate surface area is 126 Å². The molecule has 0 aromatic carbocycles. The van der Waals surface area contributed by atoms with Crippen molar-refractivity contribution in [2.24, 2.45) is 0 Å². The van der Waals surface area contributed by atoms with Crippen molar-refractivity contribution in [2.45, 2.75) is 90.3 Å². The summed E-state index contributed by atoms with van der Waals surface area (Å²) in [5.41, 5.74) is -0.0801. The molecule has 0 aromatic rings. The third-order valence-corrected chi connectivity index (χ3v) is 4.92. The lowest BCUT2D eigenvalue weighted by atomic mass is 9.90. The summed E-state index contributed by atoms with van der Waals surface area (Å²) in [6.07, 6.45) is 8.84. The zero-order chi connectivity index (χ0) is 15.0. The molecule has 0 spiro atoms. The van der Waals surface area contributed by atoms with Crippen LogP contribution in [-0.4, -0.2) is 47.3 Å². The molecule has 2 N–H and O–H groups in total. The van der Waals surface area contributed by atoms with Gasteiger partial charge >= 0.3 is 0 Å². The van der Waals surface area contributed by atoms with Crippen LogP contribution in [0.5, 0.6) is 0 Å². The highest BCUT2D eigenvalue weighted by atomic mass is 16.3. The molecular formula is C17H36N2O. The molecule has 20 heavy (non-hydrogen) atoms. The Morgan fingerprint density at radius 3 is 2.35 bits per heavy atom. The molecule has 0 amide bonds. The van der Waals surface area contributed by atoms with Crippen LogP contribution in [0.2, 0.25) is 0 Å². The van der Waals surface area contributed by atoms with Crippen molar-refractivity contribution in [3.8, 4) is 0 Å². The van der Waals surface area contributed by atoms with E-state index in [9.17, 15) is 5.11 Å². The minimum atomic E-state index is -0.0801. The minimum absolute atomic E-state index is 0.0801. The van der Waals surface area contributed by atoms with Crippen LogP contribution in [-0.2, 0) is 0 Å². The van der Waals surface area contributed by atoms with Gasteiger partial charge in [-0.05, 0) is 45.2 Å². The van der Waals surface area contributed by atoms with Gasteiger partial charge in [-0.25, -0.2) is 0 Å². The number of aliphatic hydroxyl groups excluding tert-OH is 1. The highest BCUT2D eigenvalue weighted by molar-refractivity contribution is 4.88. The van der Waals surface area contributed by atoms with E-state index in [1.807, 2.05) is 0 Å². The maximum Gasteiger partial charge on any atom is 0.0613 e. The molecule has 1 aliphatic carbocycles. The van der Waals surface area contributed by atoms with Crippen molar-refractivity contribution >= 4 is 0 Å². The summed E-state index contributed by atoms with van der Waals surface area (Å²) in [6.45, 7) is 11.4. The van der Waals surface area contributed by atoms with Crippen LogP contribution in [0.1, 0.15) is 72.6 Å². The van der Waals surface area contributed by atoms with E-state index in [0.29, 0.717) is 6.04 Å². The number of nitrogens with one attached hydrogen (secondary N) is 1. The van der Waals surface area contributed by atoms with Gasteiger partial charge in [0.2, 0.25) is 0 Å². The smallest absolute Gasteiger partial charge is 0.0613 e. The fourth-order valence-corrected chi connectivity index (χ4v) is 3.69. The van der Waals surface area contributed by atoms with E-state index in [2.05, 4.69) is 37.9 Å². The van der Waals surface area contributed by atoms with E-state index in [-0.39, 0.29) is 12.1 Å². The van der Waals surface area contributed by atoms with Crippen LogP contribution in [0, 0.1) is 0 Å². The van der Waals surface area contributed by atoms with Crippen LogP contribution >= 0.6 is 0 Å². The Bertz CT molecular complexity index is 245. The monoisotopic (exact) mass is 284 g/mol. The lowest BCUT2D eigenvalue weighted by Crippen LogP contribution is -2.51. The van der Waals surface area contributed by atoms with Crippen molar-refractivity contribution in [3.63, 3.8) is 0 Å². The maximum atomic E-state index is 9.78. The van der Waals surface area contributed by atoms with E-state index in [1.54, 1.807) is 0 Å². The standard InChI is InChI=1S/C17H36N2O/c1-5-17(14-20,18-15(3)4)12-9-13-19(6-2)16-10-7-8-11-16/h15-16,18,20H,5-14H2,1-4H3. The molecule has 1 unspecified atom stereocenters. The summed E-state index contributed by atoms with van der Waals surface area (Å²) >= 11 is 0. The Morgan fingerprint density at radius 2 is 1.90 bits per heavy atom. The molecule has 3 nitrogen and oxygen atoms in total. The van der Waals surface area contributed by atoms with Crippen molar-refractivity contribution in [3.05, 3.63) is 0 Å². The second-order valence-corrected chi connectivity index (χ2v) is 6.76. The Kier molecular flexibility index (Phi) is 8.08. The Hall–Kier alpha value is -0.120. The molecule has 1 atom stereocenters. The average Bonchev–Trinajstić information content (AvgIpc) is 2.96. The molecule has 0 radical (unpaired) electrons. The normalized spacial score (nSPS) is 19.9. The van der Waals surface area contributed by atoms with Crippen LogP contribution < -0.4 is 5.32 Å². The molecule has 1 saturated carbocycles. The molecule has 1 rings (SSSR count). The number of hydrogen-bond acceptors (Lipinski definition) is 3. The van der Waals surface area contributed by atoms with Crippen LogP contribution in [0.25, 0.3) is 0 Å². The predicted octanol–water partition coefficient (Wildman–Crippen LogP) is 3.17. The first-order valence-corrected chi connectivity index (χ1v) is 8.69. The largest absolute Gasteiger partial charge is 0.394 e. The molecule has 3 heteroatoms. The first-order chi connectivity index (χ1) is 9.56. The van der Waals surface area contributed by atoms with Crippen molar-refractivity contribution < 1.29 is 5.11 Å². The maximum absolute atomic E-state index is 9.78. The summed E-state index contributed by atoms with van der Waals surface area (Å²) in [5.74, 6) is 0. The molecule has 0 aliphatic heterocycles. The summed E-state index contributed by atoms with van der Waals surface area (Å²) in [6, 6.07) is 1.25. The van der Waals surface area contributed by atoms with Gasteiger partial charge in [-0.15, -0.1) is 0 Å². The van der Waals surface area contributed by atoms with Crippen molar-refractivity contribution in [1.82, 2.24) is 10.2 Å². The summed E-state index contributed by atoms with van der Waals surface area (Å²) < 4.78 is 0. The number of rotatable bonds is 10. The fourth-order valence-electron chi connectivity index (χ4n) is 3.69. The molecule has 0 aromatic heterocycles. The summed E-state index contributed by atoms with van der Waals surface area (Å²) in [4.78, 5) is 2.65. The molecule has 0 bridgehead atoms. The molecule has 1 fully saturated rings. The van der Waals surface area contributed by atoms with E-state index in [0.717, 1.165) is 18.9 Å². The molecule has 0 heterocycles. The highest BCUT2D eigenvalue weighted by Gasteiger charge is 2.28. The van der Waals surface area contributed by atoms with Gasteiger partial charge in [0.25, 0.3) is 0 Å². The zero-order valence-electron chi connectivity index (χ0n) is 14.1. The van der Waals surface area contributed by atoms with E-state index < -0.39 is 0 Å². The van der Waals surface area contributed by atoms with E-state index >= 15 is 0 Å². The van der Waals surface area contributed by atoms with Gasteiger partial charge in [0.05, 0.1) is 6.61 Å².